The summed E-state index contributed by atoms with van der Waals surface area (Å²) in [5.74, 6) is 1.28. The third-order valence-electron chi connectivity index (χ3n) is 4.20. The van der Waals surface area contributed by atoms with E-state index in [2.05, 4.69) is 23.4 Å². The molecule has 0 aliphatic carbocycles. The van der Waals surface area contributed by atoms with Crippen LogP contribution in [0.25, 0.3) is 11.1 Å². The quantitative estimate of drug-likeness (QED) is 0.847. The maximum absolute atomic E-state index is 11.7. The number of imidazole rings is 1. The van der Waals surface area contributed by atoms with Gasteiger partial charge >= 0.3 is 0 Å². The molecule has 124 valence electrons. The number of nitrogens with zero attached hydrogens (tertiary/aromatic N) is 3. The number of hydrogen-bond donors (Lipinski definition) is 0. The number of allylic oxidation sites excluding steroid dienone is 1. The van der Waals surface area contributed by atoms with Gasteiger partial charge in [-0.05, 0) is 18.1 Å². The molecule has 2 aromatic heterocycles. The predicted octanol–water partition coefficient (Wildman–Crippen LogP) is 3.04. The summed E-state index contributed by atoms with van der Waals surface area (Å²) in [7, 11) is -2.93. The Morgan fingerprint density at radius 3 is 2.74 bits per heavy atom. The van der Waals surface area contributed by atoms with Gasteiger partial charge in [0.1, 0.15) is 12.1 Å². The van der Waals surface area contributed by atoms with Gasteiger partial charge < -0.3 is 4.90 Å². The number of rotatable bonds is 4. The summed E-state index contributed by atoms with van der Waals surface area (Å²) in [6, 6.07) is 1.93. The summed E-state index contributed by atoms with van der Waals surface area (Å²) < 4.78 is 25.4. The summed E-state index contributed by atoms with van der Waals surface area (Å²) in [6.07, 6.45) is 5.31. The molecule has 1 aliphatic rings. The first-order valence-electron chi connectivity index (χ1n) is 7.71. The van der Waals surface area contributed by atoms with Crippen molar-refractivity contribution >= 4 is 38.3 Å². The molecule has 3 rings (SSSR count). The average Bonchev–Trinajstić information content (AvgIpc) is 2.98. The zero-order chi connectivity index (χ0) is 16.6. The topological polar surface area (TPSA) is 54.7 Å². The Kier molecular flexibility index (Phi) is 4.38. The highest BCUT2D eigenvalue weighted by Crippen LogP contribution is 2.34. The van der Waals surface area contributed by atoms with E-state index in [0.717, 1.165) is 35.3 Å². The van der Waals surface area contributed by atoms with E-state index in [4.69, 9.17) is 11.6 Å². The maximum atomic E-state index is 11.7. The zero-order valence-corrected chi connectivity index (χ0v) is 14.7. The first-order valence-corrected chi connectivity index (χ1v) is 9.91. The van der Waals surface area contributed by atoms with E-state index in [1.165, 1.54) is 0 Å². The summed E-state index contributed by atoms with van der Waals surface area (Å²) in [5, 5.41) is 0.628. The van der Waals surface area contributed by atoms with Crippen molar-refractivity contribution in [2.75, 3.05) is 29.5 Å². The van der Waals surface area contributed by atoms with Crippen LogP contribution in [0.4, 0.5) is 5.82 Å². The van der Waals surface area contributed by atoms with Crippen molar-refractivity contribution in [1.29, 1.82) is 0 Å². The van der Waals surface area contributed by atoms with E-state index < -0.39 is 9.84 Å². The van der Waals surface area contributed by atoms with Crippen LogP contribution in [0.15, 0.2) is 25.2 Å². The molecule has 0 amide bonds. The first kappa shape index (κ1) is 16.3. The summed E-state index contributed by atoms with van der Waals surface area (Å²) >= 11 is 6.39. The van der Waals surface area contributed by atoms with Gasteiger partial charge in [-0.1, -0.05) is 31.5 Å². The molecule has 0 saturated carbocycles. The van der Waals surface area contributed by atoms with E-state index in [0.29, 0.717) is 18.1 Å². The number of anilines is 1. The third-order valence-corrected chi connectivity index (χ3v) is 6.11. The minimum Gasteiger partial charge on any atom is -0.355 e. The second kappa shape index (κ2) is 6.17. The SMILES string of the molecule is C=C(CCC)c1cc(Cl)c2cncn2c1N1CCS(=O)(=O)CC1. The third kappa shape index (κ3) is 3.10. The molecule has 0 radical (unpaired) electrons. The second-order valence-electron chi connectivity index (χ2n) is 5.87. The van der Waals surface area contributed by atoms with E-state index in [1.54, 1.807) is 12.5 Å². The van der Waals surface area contributed by atoms with Crippen LogP contribution in [0.5, 0.6) is 0 Å². The molecule has 0 unspecified atom stereocenters. The van der Waals surface area contributed by atoms with Crippen molar-refractivity contribution in [2.45, 2.75) is 19.8 Å². The molecule has 2 aromatic rings. The monoisotopic (exact) mass is 353 g/mol. The molecule has 0 atom stereocenters. The highest BCUT2D eigenvalue weighted by Gasteiger charge is 2.26. The van der Waals surface area contributed by atoms with Crippen molar-refractivity contribution in [3.05, 3.63) is 35.8 Å². The normalized spacial score (nSPS) is 17.6. The van der Waals surface area contributed by atoms with Crippen molar-refractivity contribution < 1.29 is 8.42 Å². The molecule has 0 bridgehead atoms. The Bertz CT molecular complexity index is 844. The number of fused-ring (bicyclic) bond motifs is 1. The second-order valence-corrected chi connectivity index (χ2v) is 8.58. The summed E-state index contributed by atoms with van der Waals surface area (Å²) in [6.45, 7) is 7.25. The van der Waals surface area contributed by atoms with Crippen LogP contribution in [0.1, 0.15) is 25.3 Å². The molecule has 23 heavy (non-hydrogen) atoms. The zero-order valence-electron chi connectivity index (χ0n) is 13.1. The van der Waals surface area contributed by atoms with Crippen LogP contribution in [-0.4, -0.2) is 42.4 Å². The van der Waals surface area contributed by atoms with E-state index in [9.17, 15) is 8.42 Å². The van der Waals surface area contributed by atoms with Gasteiger partial charge in [0.05, 0.1) is 28.2 Å². The molecule has 1 fully saturated rings. The molecule has 0 aromatic carbocycles. The van der Waals surface area contributed by atoms with Crippen molar-refractivity contribution in [3.8, 4) is 0 Å². The van der Waals surface area contributed by atoms with Gasteiger partial charge in [0.15, 0.2) is 9.84 Å². The standard InChI is InChI=1S/C16H20ClN3O2S/c1-3-4-12(2)13-9-14(17)15-10-18-11-20(15)16(13)19-5-7-23(21,22)8-6-19/h9-11H,2-8H2,1H3. The first-order chi connectivity index (χ1) is 10.9. The van der Waals surface area contributed by atoms with Crippen LogP contribution in [-0.2, 0) is 9.84 Å². The molecular formula is C16H20ClN3O2S. The Morgan fingerprint density at radius 1 is 1.39 bits per heavy atom. The molecule has 0 N–H and O–H groups in total. The smallest absolute Gasteiger partial charge is 0.153 e. The Labute approximate surface area is 141 Å². The Hall–Kier alpha value is -1.53. The predicted molar refractivity (Wildman–Crippen MR) is 95.0 cm³/mol. The van der Waals surface area contributed by atoms with Crippen molar-refractivity contribution in [1.82, 2.24) is 9.38 Å². The fraction of sp³-hybridized carbons (Fsp3) is 0.438. The molecule has 7 heteroatoms. The lowest BCUT2D eigenvalue weighted by molar-refractivity contribution is 0.586. The average molecular weight is 354 g/mol. The minimum absolute atomic E-state index is 0.172. The number of aromatic nitrogens is 2. The highest BCUT2D eigenvalue weighted by atomic mass is 35.5. The van der Waals surface area contributed by atoms with E-state index in [1.807, 2.05) is 10.5 Å². The van der Waals surface area contributed by atoms with E-state index in [-0.39, 0.29) is 11.5 Å². The van der Waals surface area contributed by atoms with E-state index >= 15 is 0 Å². The number of sulfone groups is 1. The van der Waals surface area contributed by atoms with Gasteiger partial charge in [0.2, 0.25) is 0 Å². The Morgan fingerprint density at radius 2 is 2.09 bits per heavy atom. The van der Waals surface area contributed by atoms with Gasteiger partial charge in [0.25, 0.3) is 0 Å². The van der Waals surface area contributed by atoms with Crippen molar-refractivity contribution in [2.24, 2.45) is 0 Å². The fourth-order valence-corrected chi connectivity index (χ4v) is 4.43. The molecule has 0 spiro atoms. The van der Waals surface area contributed by atoms with Crippen molar-refractivity contribution in [3.63, 3.8) is 0 Å². The maximum Gasteiger partial charge on any atom is 0.153 e. The van der Waals surface area contributed by atoms with Crippen LogP contribution < -0.4 is 4.90 Å². The lowest BCUT2D eigenvalue weighted by atomic mass is 10.0. The van der Waals surface area contributed by atoms with Crippen LogP contribution in [0.3, 0.4) is 0 Å². The van der Waals surface area contributed by atoms with Gasteiger partial charge in [-0.15, -0.1) is 0 Å². The molecular weight excluding hydrogens is 334 g/mol. The highest BCUT2D eigenvalue weighted by molar-refractivity contribution is 7.91. The lowest BCUT2D eigenvalue weighted by Crippen LogP contribution is -2.41. The van der Waals surface area contributed by atoms with Gasteiger partial charge in [0, 0.05) is 18.7 Å². The van der Waals surface area contributed by atoms with Gasteiger partial charge in [-0.2, -0.15) is 0 Å². The molecule has 3 heterocycles. The van der Waals surface area contributed by atoms with Gasteiger partial charge in [-0.3, -0.25) is 4.40 Å². The molecule has 1 saturated heterocycles. The number of hydrogen-bond acceptors (Lipinski definition) is 4. The Balaban J connectivity index is 2.13. The minimum atomic E-state index is -2.93. The number of pyridine rings is 1. The van der Waals surface area contributed by atoms with Gasteiger partial charge in [-0.25, -0.2) is 13.4 Å². The lowest BCUT2D eigenvalue weighted by Gasteiger charge is -2.31. The summed E-state index contributed by atoms with van der Waals surface area (Å²) in [5.41, 5.74) is 2.80. The summed E-state index contributed by atoms with van der Waals surface area (Å²) in [4.78, 5) is 6.30. The van der Waals surface area contributed by atoms with Crippen LogP contribution in [0.2, 0.25) is 5.02 Å². The molecule has 5 nitrogen and oxygen atoms in total. The fourth-order valence-electron chi connectivity index (χ4n) is 2.98. The van der Waals surface area contributed by atoms with Crippen LogP contribution >= 0.6 is 11.6 Å². The van der Waals surface area contributed by atoms with Crippen LogP contribution in [0, 0.1) is 0 Å². The number of halogens is 1. The molecule has 1 aliphatic heterocycles. The largest absolute Gasteiger partial charge is 0.355 e.